The normalized spacial score (nSPS) is 10.4. The molecule has 0 spiro atoms. The maximum absolute atomic E-state index is 10.9. The van der Waals surface area contributed by atoms with Crippen LogP contribution in [-0.2, 0) is 6.42 Å². The van der Waals surface area contributed by atoms with E-state index in [-0.39, 0.29) is 0 Å². The second kappa shape index (κ2) is 3.54. The molecule has 2 aromatic rings. The quantitative estimate of drug-likeness (QED) is 0.730. The molecule has 0 N–H and O–H groups in total. The Balaban J connectivity index is 2.56. The Hall–Kier alpha value is -1.77. The zero-order valence-electron chi connectivity index (χ0n) is 7.82. The highest BCUT2D eigenvalue weighted by Gasteiger charge is 2.12. The molecule has 1 aromatic carbocycles. The summed E-state index contributed by atoms with van der Waals surface area (Å²) in [6.45, 7) is 1.92. The maximum atomic E-state index is 10.9. The van der Waals surface area contributed by atoms with Crippen molar-refractivity contribution in [2.24, 2.45) is 0 Å². The zero-order chi connectivity index (χ0) is 9.97. The molecular weight excluding hydrogens is 180 g/mol. The summed E-state index contributed by atoms with van der Waals surface area (Å²) < 4.78 is 9.87. The van der Waals surface area contributed by atoms with Crippen LogP contribution < -0.4 is 5.82 Å². The van der Waals surface area contributed by atoms with E-state index in [4.69, 9.17) is 8.83 Å². The maximum Gasteiger partial charge on any atom is 0.519 e. The topological polar surface area (TPSA) is 43.4 Å². The van der Waals surface area contributed by atoms with Crippen molar-refractivity contribution in [1.29, 1.82) is 0 Å². The van der Waals surface area contributed by atoms with Gasteiger partial charge in [-0.15, -0.1) is 0 Å². The van der Waals surface area contributed by atoms with Crippen molar-refractivity contribution < 1.29 is 8.83 Å². The number of aryl methyl sites for hydroxylation is 1. The van der Waals surface area contributed by atoms with Crippen LogP contribution in [0.5, 0.6) is 0 Å². The minimum absolute atomic E-state index is 0.540. The van der Waals surface area contributed by atoms with E-state index in [0.29, 0.717) is 17.9 Å². The van der Waals surface area contributed by atoms with Crippen LogP contribution in [0.25, 0.3) is 11.3 Å². The van der Waals surface area contributed by atoms with Gasteiger partial charge in [0.05, 0.1) is 0 Å². The van der Waals surface area contributed by atoms with Crippen LogP contribution in [0, 0.1) is 0 Å². The lowest BCUT2D eigenvalue weighted by Crippen LogP contribution is -1.85. The van der Waals surface area contributed by atoms with Crippen molar-refractivity contribution in [3.63, 3.8) is 0 Å². The summed E-state index contributed by atoms with van der Waals surface area (Å²) in [4.78, 5) is 10.9. The standard InChI is InChI=1S/C11H10O3/c1-2-9-10(14-11(12)13-9)8-6-4-3-5-7-8/h3-7H,2H2,1H3. The van der Waals surface area contributed by atoms with E-state index in [1.54, 1.807) is 0 Å². The highest BCUT2D eigenvalue weighted by Crippen LogP contribution is 2.22. The fourth-order valence-corrected chi connectivity index (χ4v) is 1.35. The molecule has 0 aliphatic heterocycles. The minimum atomic E-state index is -0.638. The SMILES string of the molecule is CCc1oc(=O)oc1-c1ccccc1. The van der Waals surface area contributed by atoms with Crippen molar-refractivity contribution >= 4 is 0 Å². The average Bonchev–Trinajstić information content (AvgIpc) is 2.61. The molecule has 1 aromatic heterocycles. The Kier molecular flexibility index (Phi) is 2.23. The van der Waals surface area contributed by atoms with Crippen molar-refractivity contribution in [1.82, 2.24) is 0 Å². The molecule has 72 valence electrons. The second-order valence-corrected chi connectivity index (χ2v) is 2.93. The Morgan fingerprint density at radius 2 is 1.86 bits per heavy atom. The van der Waals surface area contributed by atoms with Gasteiger partial charge in [0.25, 0.3) is 0 Å². The van der Waals surface area contributed by atoms with Crippen LogP contribution in [-0.4, -0.2) is 0 Å². The lowest BCUT2D eigenvalue weighted by atomic mass is 10.1. The van der Waals surface area contributed by atoms with E-state index in [1.165, 1.54) is 0 Å². The fourth-order valence-electron chi connectivity index (χ4n) is 1.35. The third-order valence-electron chi connectivity index (χ3n) is 2.00. The molecular formula is C11H10O3. The zero-order valence-corrected chi connectivity index (χ0v) is 7.82. The van der Waals surface area contributed by atoms with Gasteiger partial charge >= 0.3 is 5.82 Å². The molecule has 0 saturated carbocycles. The Morgan fingerprint density at radius 1 is 1.14 bits per heavy atom. The molecule has 14 heavy (non-hydrogen) atoms. The summed E-state index contributed by atoms with van der Waals surface area (Å²) in [5.41, 5.74) is 0.871. The summed E-state index contributed by atoms with van der Waals surface area (Å²) in [5.74, 6) is 0.500. The summed E-state index contributed by atoms with van der Waals surface area (Å²) in [7, 11) is 0. The van der Waals surface area contributed by atoms with Gasteiger partial charge in [-0.05, 0) is 0 Å². The van der Waals surface area contributed by atoms with Crippen molar-refractivity contribution in [2.45, 2.75) is 13.3 Å². The molecule has 0 unspecified atom stereocenters. The van der Waals surface area contributed by atoms with Crippen LogP contribution >= 0.6 is 0 Å². The number of benzene rings is 1. The Morgan fingerprint density at radius 3 is 2.50 bits per heavy atom. The monoisotopic (exact) mass is 190 g/mol. The molecule has 1 heterocycles. The molecule has 3 heteroatoms. The first-order valence-electron chi connectivity index (χ1n) is 4.49. The molecule has 0 radical (unpaired) electrons. The highest BCUT2D eigenvalue weighted by molar-refractivity contribution is 5.58. The summed E-state index contributed by atoms with van der Waals surface area (Å²) >= 11 is 0. The van der Waals surface area contributed by atoms with E-state index in [1.807, 2.05) is 37.3 Å². The lowest BCUT2D eigenvalue weighted by molar-refractivity contribution is 0.377. The smallest absolute Gasteiger partial charge is 0.395 e. The molecule has 2 rings (SSSR count). The predicted octanol–water partition coefficient (Wildman–Crippen LogP) is 2.46. The summed E-state index contributed by atoms with van der Waals surface area (Å²) in [6.07, 6.45) is 0.649. The molecule has 0 saturated heterocycles. The molecule has 0 bridgehead atoms. The van der Waals surface area contributed by atoms with Gasteiger partial charge in [-0.1, -0.05) is 37.3 Å². The van der Waals surface area contributed by atoms with Crippen LogP contribution in [0.3, 0.4) is 0 Å². The van der Waals surface area contributed by atoms with Crippen LogP contribution in [0.2, 0.25) is 0 Å². The molecule has 0 fully saturated rings. The third-order valence-corrected chi connectivity index (χ3v) is 2.00. The van der Waals surface area contributed by atoms with E-state index in [9.17, 15) is 4.79 Å². The van der Waals surface area contributed by atoms with Crippen molar-refractivity contribution in [3.05, 3.63) is 46.7 Å². The molecule has 0 aliphatic rings. The Labute approximate surface area is 81.0 Å². The number of rotatable bonds is 2. The van der Waals surface area contributed by atoms with Gasteiger partial charge in [0.1, 0.15) is 0 Å². The predicted molar refractivity (Wildman–Crippen MR) is 52.1 cm³/mol. The summed E-state index contributed by atoms with van der Waals surface area (Å²) in [5, 5.41) is 0. The van der Waals surface area contributed by atoms with Crippen LogP contribution in [0.4, 0.5) is 0 Å². The van der Waals surface area contributed by atoms with E-state index >= 15 is 0 Å². The van der Waals surface area contributed by atoms with Gasteiger partial charge in [0.2, 0.25) is 0 Å². The largest absolute Gasteiger partial charge is 0.519 e. The Bertz CT molecular complexity index is 465. The van der Waals surface area contributed by atoms with E-state index in [2.05, 4.69) is 0 Å². The van der Waals surface area contributed by atoms with Gasteiger partial charge in [-0.3, -0.25) is 0 Å². The number of hydrogen-bond donors (Lipinski definition) is 0. The first kappa shape index (κ1) is 8.81. The van der Waals surface area contributed by atoms with Gasteiger partial charge in [-0.2, -0.15) is 0 Å². The first-order valence-corrected chi connectivity index (χ1v) is 4.49. The highest BCUT2D eigenvalue weighted by atomic mass is 16.6. The minimum Gasteiger partial charge on any atom is -0.395 e. The molecule has 3 nitrogen and oxygen atoms in total. The second-order valence-electron chi connectivity index (χ2n) is 2.93. The van der Waals surface area contributed by atoms with E-state index in [0.717, 1.165) is 5.56 Å². The first-order chi connectivity index (χ1) is 6.81. The van der Waals surface area contributed by atoms with Gasteiger partial charge in [0, 0.05) is 12.0 Å². The number of hydrogen-bond acceptors (Lipinski definition) is 3. The van der Waals surface area contributed by atoms with Gasteiger partial charge in [-0.25, -0.2) is 4.79 Å². The van der Waals surface area contributed by atoms with Crippen molar-refractivity contribution in [2.75, 3.05) is 0 Å². The molecule has 0 amide bonds. The van der Waals surface area contributed by atoms with Gasteiger partial charge in [0.15, 0.2) is 11.5 Å². The molecule has 0 atom stereocenters. The van der Waals surface area contributed by atoms with E-state index < -0.39 is 5.82 Å². The lowest BCUT2D eigenvalue weighted by Gasteiger charge is -1.95. The van der Waals surface area contributed by atoms with Crippen molar-refractivity contribution in [3.8, 4) is 11.3 Å². The fraction of sp³-hybridized carbons (Fsp3) is 0.182. The van der Waals surface area contributed by atoms with Crippen LogP contribution in [0.15, 0.2) is 44.0 Å². The third kappa shape index (κ3) is 1.48. The summed E-state index contributed by atoms with van der Waals surface area (Å²) in [6, 6.07) is 9.46. The molecule has 0 aliphatic carbocycles. The average molecular weight is 190 g/mol. The van der Waals surface area contributed by atoms with Crippen LogP contribution in [0.1, 0.15) is 12.7 Å². The van der Waals surface area contributed by atoms with Gasteiger partial charge < -0.3 is 8.83 Å².